The van der Waals surface area contributed by atoms with E-state index in [1.54, 1.807) is 6.92 Å². The van der Waals surface area contributed by atoms with E-state index in [1.807, 2.05) is 36.4 Å². The number of carboxylic acid groups (broad SMARTS) is 1. The lowest BCUT2D eigenvalue weighted by molar-refractivity contribution is -0.142. The summed E-state index contributed by atoms with van der Waals surface area (Å²) in [6, 6.07) is 15.0. The largest absolute Gasteiger partial charge is 0.480 e. The average molecular weight is 449 g/mol. The first-order valence-electron chi connectivity index (χ1n) is 11.1. The minimum absolute atomic E-state index is 0.0730. The summed E-state index contributed by atoms with van der Waals surface area (Å²) in [7, 11) is 0. The number of benzene rings is 2. The van der Waals surface area contributed by atoms with Crippen LogP contribution in [-0.2, 0) is 14.3 Å². The fourth-order valence-corrected chi connectivity index (χ4v) is 4.55. The number of carbonyl (C=O) groups is 3. The maximum absolute atomic E-state index is 13.0. The zero-order valence-corrected chi connectivity index (χ0v) is 18.5. The van der Waals surface area contributed by atoms with Gasteiger partial charge in [0.2, 0.25) is 5.91 Å². The molecule has 2 atom stereocenters. The second-order valence-corrected chi connectivity index (χ2v) is 8.82. The van der Waals surface area contributed by atoms with Crippen molar-refractivity contribution in [2.45, 2.75) is 43.7 Å². The number of aliphatic carboxylic acids is 1. The van der Waals surface area contributed by atoms with Gasteiger partial charge in [0, 0.05) is 5.92 Å². The van der Waals surface area contributed by atoms with Crippen LogP contribution in [0.5, 0.6) is 0 Å². The molecule has 7 heteroatoms. The molecule has 0 aliphatic heterocycles. The van der Waals surface area contributed by atoms with Gasteiger partial charge in [-0.1, -0.05) is 54.6 Å². The molecule has 7 nitrogen and oxygen atoms in total. The Balaban J connectivity index is 1.45. The van der Waals surface area contributed by atoms with Crippen molar-refractivity contribution in [3.63, 3.8) is 0 Å². The van der Waals surface area contributed by atoms with E-state index in [-0.39, 0.29) is 24.9 Å². The van der Waals surface area contributed by atoms with Gasteiger partial charge in [-0.15, -0.1) is 6.58 Å². The van der Waals surface area contributed by atoms with Crippen LogP contribution in [0.4, 0.5) is 4.79 Å². The highest BCUT2D eigenvalue weighted by Crippen LogP contribution is 2.44. The number of amides is 2. The van der Waals surface area contributed by atoms with E-state index in [4.69, 9.17) is 4.74 Å². The van der Waals surface area contributed by atoms with Gasteiger partial charge in [0.05, 0.1) is 0 Å². The van der Waals surface area contributed by atoms with Crippen molar-refractivity contribution in [2.24, 2.45) is 5.92 Å². The van der Waals surface area contributed by atoms with Gasteiger partial charge in [-0.3, -0.25) is 4.79 Å². The molecule has 2 aliphatic rings. The highest BCUT2D eigenvalue weighted by atomic mass is 16.5. The summed E-state index contributed by atoms with van der Waals surface area (Å²) >= 11 is 0. The summed E-state index contributed by atoms with van der Waals surface area (Å²) < 4.78 is 5.60. The predicted molar refractivity (Wildman–Crippen MR) is 124 cm³/mol. The van der Waals surface area contributed by atoms with E-state index in [0.29, 0.717) is 0 Å². The number of ether oxygens (including phenoxy) is 1. The standard InChI is InChI=1S/C26H28N2O5/c1-3-8-22(23(29)30)27-24(31)26(2,16-13-14-16)28-25(32)33-15-21-19-11-6-4-9-17(19)18-10-5-7-12-20(18)21/h3-7,9-12,16,21-22H,1,8,13-15H2,2H3,(H,27,31)(H,28,32)(H,29,30). The van der Waals surface area contributed by atoms with Gasteiger partial charge in [0.25, 0.3) is 0 Å². The molecular formula is C26H28N2O5. The van der Waals surface area contributed by atoms with Crippen molar-refractivity contribution in [3.05, 3.63) is 72.3 Å². The Morgan fingerprint density at radius 3 is 2.21 bits per heavy atom. The lowest BCUT2D eigenvalue weighted by Gasteiger charge is -2.30. The van der Waals surface area contributed by atoms with E-state index < -0.39 is 29.6 Å². The van der Waals surface area contributed by atoms with Crippen LogP contribution in [-0.4, -0.2) is 41.3 Å². The molecule has 0 heterocycles. The van der Waals surface area contributed by atoms with E-state index in [0.717, 1.165) is 35.1 Å². The maximum atomic E-state index is 13.0. The molecular weight excluding hydrogens is 420 g/mol. The second kappa shape index (κ2) is 9.10. The molecule has 0 bridgehead atoms. The molecule has 4 rings (SSSR count). The molecule has 0 aromatic heterocycles. The van der Waals surface area contributed by atoms with Crippen LogP contribution in [0.3, 0.4) is 0 Å². The Kier molecular flexibility index (Phi) is 6.22. The fourth-order valence-electron chi connectivity index (χ4n) is 4.55. The SMILES string of the molecule is C=CCC(NC(=O)C(C)(NC(=O)OCC1c2ccccc2-c2ccccc21)C1CC1)C(=O)O. The number of rotatable bonds is 9. The van der Waals surface area contributed by atoms with Crippen LogP contribution in [0.1, 0.15) is 43.2 Å². The topological polar surface area (TPSA) is 105 Å². The van der Waals surface area contributed by atoms with E-state index >= 15 is 0 Å². The van der Waals surface area contributed by atoms with Gasteiger partial charge in [0.15, 0.2) is 0 Å². The van der Waals surface area contributed by atoms with Crippen LogP contribution in [0.2, 0.25) is 0 Å². The molecule has 0 radical (unpaired) electrons. The monoisotopic (exact) mass is 448 g/mol. The van der Waals surface area contributed by atoms with Crippen LogP contribution in [0.25, 0.3) is 11.1 Å². The van der Waals surface area contributed by atoms with Gasteiger partial charge < -0.3 is 20.5 Å². The first-order chi connectivity index (χ1) is 15.8. The van der Waals surface area contributed by atoms with Gasteiger partial charge >= 0.3 is 12.1 Å². The van der Waals surface area contributed by atoms with Gasteiger partial charge in [-0.05, 0) is 54.4 Å². The minimum Gasteiger partial charge on any atom is -0.480 e. The van der Waals surface area contributed by atoms with E-state index in [9.17, 15) is 19.5 Å². The molecule has 3 N–H and O–H groups in total. The second-order valence-electron chi connectivity index (χ2n) is 8.82. The van der Waals surface area contributed by atoms with Crippen molar-refractivity contribution >= 4 is 18.0 Å². The lowest BCUT2D eigenvalue weighted by atomic mass is 9.94. The van der Waals surface area contributed by atoms with Crippen LogP contribution in [0.15, 0.2) is 61.2 Å². The third kappa shape index (κ3) is 4.49. The number of fused-ring (bicyclic) bond motifs is 3. The third-order valence-corrected chi connectivity index (χ3v) is 6.58. The smallest absolute Gasteiger partial charge is 0.408 e. The van der Waals surface area contributed by atoms with Crippen molar-refractivity contribution in [3.8, 4) is 11.1 Å². The highest BCUT2D eigenvalue weighted by Gasteiger charge is 2.49. The number of carboxylic acids is 1. The number of nitrogens with one attached hydrogen (secondary N) is 2. The number of hydrogen-bond donors (Lipinski definition) is 3. The molecule has 1 saturated carbocycles. The van der Waals surface area contributed by atoms with Crippen molar-refractivity contribution < 1.29 is 24.2 Å². The summed E-state index contributed by atoms with van der Waals surface area (Å²) in [4.78, 5) is 37.2. The minimum atomic E-state index is -1.25. The van der Waals surface area contributed by atoms with Crippen LogP contribution >= 0.6 is 0 Å². The molecule has 0 saturated heterocycles. The van der Waals surface area contributed by atoms with Crippen molar-refractivity contribution in [1.29, 1.82) is 0 Å². The quantitative estimate of drug-likeness (QED) is 0.506. The Morgan fingerprint density at radius 1 is 1.12 bits per heavy atom. The Morgan fingerprint density at radius 2 is 1.70 bits per heavy atom. The average Bonchev–Trinajstić information content (AvgIpc) is 3.61. The van der Waals surface area contributed by atoms with E-state index in [1.165, 1.54) is 6.08 Å². The zero-order chi connectivity index (χ0) is 23.6. The van der Waals surface area contributed by atoms with Crippen molar-refractivity contribution in [2.75, 3.05) is 6.61 Å². The Labute approximate surface area is 192 Å². The lowest BCUT2D eigenvalue weighted by Crippen LogP contribution is -2.61. The number of hydrogen-bond acceptors (Lipinski definition) is 4. The predicted octanol–water partition coefficient (Wildman–Crippen LogP) is 3.84. The normalized spacial score (nSPS) is 17.1. The van der Waals surface area contributed by atoms with Crippen molar-refractivity contribution in [1.82, 2.24) is 10.6 Å². The fraction of sp³-hybridized carbons (Fsp3) is 0.346. The molecule has 2 aromatic rings. The molecule has 2 amide bonds. The molecule has 1 fully saturated rings. The summed E-state index contributed by atoms with van der Waals surface area (Å²) in [5, 5.41) is 14.6. The Hall–Kier alpha value is -3.61. The molecule has 2 aliphatic carbocycles. The molecule has 33 heavy (non-hydrogen) atoms. The first kappa shape index (κ1) is 22.6. The zero-order valence-electron chi connectivity index (χ0n) is 18.5. The maximum Gasteiger partial charge on any atom is 0.408 e. The van der Waals surface area contributed by atoms with E-state index in [2.05, 4.69) is 29.3 Å². The van der Waals surface area contributed by atoms with Gasteiger partial charge in [-0.25, -0.2) is 9.59 Å². The summed E-state index contributed by atoms with van der Waals surface area (Å²) in [6.45, 7) is 5.29. The first-order valence-corrected chi connectivity index (χ1v) is 11.1. The summed E-state index contributed by atoms with van der Waals surface area (Å²) in [6.07, 6.45) is 2.37. The molecule has 2 unspecified atom stereocenters. The Bertz CT molecular complexity index is 1050. The molecule has 172 valence electrons. The van der Waals surface area contributed by atoms with Gasteiger partial charge in [0.1, 0.15) is 18.2 Å². The molecule has 0 spiro atoms. The van der Waals surface area contributed by atoms with Crippen LogP contribution in [0, 0.1) is 5.92 Å². The highest BCUT2D eigenvalue weighted by molar-refractivity contribution is 5.93. The number of carbonyl (C=O) groups excluding carboxylic acids is 2. The summed E-state index contributed by atoms with van der Waals surface area (Å²) in [5.41, 5.74) is 3.21. The number of alkyl carbamates (subject to hydrolysis) is 1. The summed E-state index contributed by atoms with van der Waals surface area (Å²) in [5.74, 6) is -1.85. The van der Waals surface area contributed by atoms with Gasteiger partial charge in [-0.2, -0.15) is 0 Å². The third-order valence-electron chi connectivity index (χ3n) is 6.58. The molecule has 2 aromatic carbocycles. The van der Waals surface area contributed by atoms with Crippen LogP contribution < -0.4 is 10.6 Å².